The molecule has 1 heterocycles. The lowest BCUT2D eigenvalue weighted by Crippen LogP contribution is -2.27. The topological polar surface area (TPSA) is 56.9 Å². The molecule has 7 heteroatoms. The molecule has 0 radical (unpaired) electrons. The summed E-state index contributed by atoms with van der Waals surface area (Å²) in [5.41, 5.74) is 2.27. The van der Waals surface area contributed by atoms with Crippen LogP contribution in [-0.4, -0.2) is 20.1 Å². The van der Waals surface area contributed by atoms with Crippen LogP contribution in [0.4, 0.5) is 4.39 Å². The normalized spacial score (nSPS) is 13.6. The number of hydrogen-bond acceptors (Lipinski definition) is 3. The minimum atomic E-state index is -0.315. The van der Waals surface area contributed by atoms with Gasteiger partial charge in [0, 0.05) is 23.0 Å². The fourth-order valence-electron chi connectivity index (χ4n) is 3.41. The molecular formula is C22H21ClFN3O2. The maximum atomic E-state index is 13.4. The molecule has 1 aliphatic carbocycles. The van der Waals surface area contributed by atoms with Gasteiger partial charge >= 0.3 is 5.69 Å². The first kappa shape index (κ1) is 19.6. The summed E-state index contributed by atoms with van der Waals surface area (Å²) in [6.45, 7) is 1.80. The maximum Gasteiger partial charge on any atom is 0.346 e. The van der Waals surface area contributed by atoms with E-state index in [1.807, 2.05) is 19.1 Å². The smallest absolute Gasteiger partial charge is 0.298 e. The Morgan fingerprint density at radius 1 is 1.21 bits per heavy atom. The minimum Gasteiger partial charge on any atom is -0.298 e. The molecule has 0 bridgehead atoms. The molecule has 0 unspecified atom stereocenters. The van der Waals surface area contributed by atoms with Crippen LogP contribution in [0.5, 0.6) is 0 Å². The van der Waals surface area contributed by atoms with Crippen molar-refractivity contribution in [3.8, 4) is 11.4 Å². The Kier molecular flexibility index (Phi) is 5.37. The highest BCUT2D eigenvalue weighted by Crippen LogP contribution is 2.36. The molecule has 1 aromatic heterocycles. The third kappa shape index (κ3) is 4.32. The summed E-state index contributed by atoms with van der Waals surface area (Å²) in [5, 5.41) is 5.05. The van der Waals surface area contributed by atoms with Gasteiger partial charge < -0.3 is 0 Å². The van der Waals surface area contributed by atoms with Crippen LogP contribution >= 0.6 is 11.6 Å². The molecule has 2 aromatic carbocycles. The molecule has 0 spiro atoms. The maximum absolute atomic E-state index is 13.4. The van der Waals surface area contributed by atoms with Gasteiger partial charge in [-0.1, -0.05) is 17.7 Å². The largest absolute Gasteiger partial charge is 0.346 e. The predicted octanol–water partition coefficient (Wildman–Crippen LogP) is 4.35. The molecule has 0 N–H and O–H groups in total. The van der Waals surface area contributed by atoms with Crippen molar-refractivity contribution < 1.29 is 9.18 Å². The fraction of sp³-hybridized carbons (Fsp3) is 0.318. The first-order valence-corrected chi connectivity index (χ1v) is 10.0. The van der Waals surface area contributed by atoms with E-state index in [-0.39, 0.29) is 36.3 Å². The van der Waals surface area contributed by atoms with Crippen LogP contribution in [0.2, 0.25) is 5.02 Å². The second kappa shape index (κ2) is 7.95. The third-order valence-electron chi connectivity index (χ3n) is 5.20. The number of carbonyl (C=O) groups excluding carboxylic acids is 1. The molecule has 0 saturated heterocycles. The van der Waals surface area contributed by atoms with Crippen molar-refractivity contribution >= 4 is 17.4 Å². The summed E-state index contributed by atoms with van der Waals surface area (Å²) >= 11 is 5.96. The van der Waals surface area contributed by atoms with E-state index in [4.69, 9.17) is 11.6 Å². The summed E-state index contributed by atoms with van der Waals surface area (Å²) in [4.78, 5) is 25.4. The molecule has 5 nitrogen and oxygen atoms in total. The highest BCUT2D eigenvalue weighted by Gasteiger charge is 2.30. The molecule has 0 atom stereocenters. The zero-order valence-electron chi connectivity index (χ0n) is 16.1. The van der Waals surface area contributed by atoms with Gasteiger partial charge in [0.2, 0.25) is 0 Å². The molecule has 0 aliphatic heterocycles. The second-order valence-electron chi connectivity index (χ2n) is 7.48. The summed E-state index contributed by atoms with van der Waals surface area (Å²) in [6.07, 6.45) is 2.52. The van der Waals surface area contributed by atoms with Gasteiger partial charge in [-0.25, -0.2) is 13.9 Å². The molecule has 4 rings (SSSR count). The Bertz CT molecular complexity index is 1110. The molecule has 29 heavy (non-hydrogen) atoms. The first-order valence-electron chi connectivity index (χ1n) is 9.64. The lowest BCUT2D eigenvalue weighted by molar-refractivity contribution is -0.119. The molecule has 150 valence electrons. The average Bonchev–Trinajstić information content (AvgIpc) is 3.48. The van der Waals surface area contributed by atoms with E-state index < -0.39 is 0 Å². The minimum absolute atomic E-state index is 0.0898. The van der Waals surface area contributed by atoms with Gasteiger partial charge in [0.1, 0.15) is 12.4 Å². The van der Waals surface area contributed by atoms with Gasteiger partial charge in [-0.2, -0.15) is 0 Å². The van der Waals surface area contributed by atoms with E-state index >= 15 is 0 Å². The highest BCUT2D eigenvalue weighted by molar-refractivity contribution is 6.30. The molecule has 1 aliphatic rings. The molecular weight excluding hydrogens is 393 g/mol. The SMILES string of the molecule is Cc1ccc(F)cc1CCC(=O)Cn1nc(-c2ccc(Cl)cc2)n(C2CC2)c1=O. The molecule has 1 fully saturated rings. The number of carbonyl (C=O) groups is 1. The third-order valence-corrected chi connectivity index (χ3v) is 5.45. The van der Waals surface area contributed by atoms with Crippen LogP contribution in [0.3, 0.4) is 0 Å². The van der Waals surface area contributed by atoms with E-state index in [0.717, 1.165) is 29.5 Å². The zero-order valence-corrected chi connectivity index (χ0v) is 16.8. The van der Waals surface area contributed by atoms with Crippen molar-refractivity contribution in [2.45, 2.75) is 45.2 Å². The van der Waals surface area contributed by atoms with Gasteiger partial charge in [0.25, 0.3) is 0 Å². The zero-order chi connectivity index (χ0) is 20.5. The van der Waals surface area contributed by atoms with E-state index in [0.29, 0.717) is 17.3 Å². The Hall–Kier alpha value is -2.73. The number of rotatable bonds is 7. The summed E-state index contributed by atoms with van der Waals surface area (Å²) in [6, 6.07) is 11.8. The first-order chi connectivity index (χ1) is 13.9. The van der Waals surface area contributed by atoms with Crippen LogP contribution in [0, 0.1) is 12.7 Å². The summed E-state index contributed by atoms with van der Waals surface area (Å²) in [5.74, 6) is 0.131. The van der Waals surface area contributed by atoms with Crippen molar-refractivity contribution in [3.63, 3.8) is 0 Å². The quantitative estimate of drug-likeness (QED) is 0.578. The van der Waals surface area contributed by atoms with Crippen LogP contribution in [0.25, 0.3) is 11.4 Å². The van der Waals surface area contributed by atoms with Gasteiger partial charge in [0.05, 0.1) is 0 Å². The number of hydrogen-bond donors (Lipinski definition) is 0. The van der Waals surface area contributed by atoms with Gasteiger partial charge in [-0.05, 0) is 73.7 Å². The predicted molar refractivity (Wildman–Crippen MR) is 110 cm³/mol. The standard InChI is InChI=1S/C22H21ClFN3O2/c1-14-2-8-18(24)12-16(14)5-11-20(28)13-26-22(29)27(19-9-10-19)21(25-26)15-3-6-17(23)7-4-15/h2-4,6-8,12,19H,5,9-11,13H2,1H3. The highest BCUT2D eigenvalue weighted by atomic mass is 35.5. The number of aryl methyl sites for hydroxylation is 2. The van der Waals surface area contributed by atoms with Gasteiger partial charge in [-0.15, -0.1) is 5.10 Å². The Balaban J connectivity index is 1.53. The number of nitrogens with zero attached hydrogens (tertiary/aromatic N) is 3. The number of benzene rings is 2. The van der Waals surface area contributed by atoms with Crippen molar-refractivity contribution in [2.75, 3.05) is 0 Å². The van der Waals surface area contributed by atoms with E-state index in [9.17, 15) is 14.0 Å². The molecule has 1 saturated carbocycles. The van der Waals surface area contributed by atoms with Crippen molar-refractivity contribution in [1.29, 1.82) is 0 Å². The van der Waals surface area contributed by atoms with E-state index in [2.05, 4.69) is 5.10 Å². The molecule has 0 amide bonds. The number of Topliss-reactive ketones (excluding diaryl/α,β-unsaturated/α-hetero) is 1. The van der Waals surface area contributed by atoms with Gasteiger partial charge in [-0.3, -0.25) is 9.36 Å². The molecule has 3 aromatic rings. The van der Waals surface area contributed by atoms with E-state index in [1.54, 1.807) is 22.8 Å². The van der Waals surface area contributed by atoms with Crippen LogP contribution in [0.15, 0.2) is 47.3 Å². The van der Waals surface area contributed by atoms with Crippen molar-refractivity contribution in [1.82, 2.24) is 14.3 Å². The lowest BCUT2D eigenvalue weighted by atomic mass is 10.0. The van der Waals surface area contributed by atoms with Crippen molar-refractivity contribution in [3.05, 3.63) is 74.9 Å². The average molecular weight is 414 g/mol. The lowest BCUT2D eigenvalue weighted by Gasteiger charge is -2.05. The number of ketones is 1. The van der Waals surface area contributed by atoms with Crippen LogP contribution in [-0.2, 0) is 17.8 Å². The summed E-state index contributed by atoms with van der Waals surface area (Å²) in [7, 11) is 0. The number of halogens is 2. The van der Waals surface area contributed by atoms with Crippen LogP contribution in [0.1, 0.15) is 36.4 Å². The summed E-state index contributed by atoms with van der Waals surface area (Å²) < 4.78 is 16.3. The fourth-order valence-corrected chi connectivity index (χ4v) is 3.54. The van der Waals surface area contributed by atoms with Gasteiger partial charge in [0.15, 0.2) is 11.6 Å². The Labute approximate surface area is 172 Å². The Morgan fingerprint density at radius 3 is 2.62 bits per heavy atom. The van der Waals surface area contributed by atoms with Crippen molar-refractivity contribution in [2.24, 2.45) is 0 Å². The number of aromatic nitrogens is 3. The van der Waals surface area contributed by atoms with Crippen LogP contribution < -0.4 is 5.69 Å². The van der Waals surface area contributed by atoms with E-state index in [1.165, 1.54) is 16.8 Å². The monoisotopic (exact) mass is 413 g/mol. The Morgan fingerprint density at radius 2 is 1.93 bits per heavy atom. The second-order valence-corrected chi connectivity index (χ2v) is 7.92.